The van der Waals surface area contributed by atoms with Crippen molar-refractivity contribution in [3.8, 4) is 11.5 Å². The number of hydrogen-bond donors (Lipinski definition) is 1. The normalized spacial score (nSPS) is 15.3. The molecule has 118 valence electrons. The molecule has 1 saturated heterocycles. The van der Waals surface area contributed by atoms with E-state index in [2.05, 4.69) is 17.0 Å². The lowest BCUT2D eigenvalue weighted by Crippen LogP contribution is -2.39. The van der Waals surface area contributed by atoms with Gasteiger partial charge in [0.1, 0.15) is 11.5 Å². The molecule has 1 aliphatic rings. The average molecular weight is 339 g/mol. The minimum Gasteiger partial charge on any atom is -0.457 e. The highest BCUT2D eigenvalue weighted by atomic mass is 35.5. The van der Waals surface area contributed by atoms with E-state index in [1.165, 1.54) is 5.69 Å². The van der Waals surface area contributed by atoms with Crippen LogP contribution in [0.1, 0.15) is 12.8 Å². The summed E-state index contributed by atoms with van der Waals surface area (Å²) < 4.78 is 5.80. The molecule has 0 aliphatic carbocycles. The average Bonchev–Trinajstić information content (AvgIpc) is 2.51. The van der Waals surface area contributed by atoms with Crippen molar-refractivity contribution in [1.82, 2.24) is 0 Å². The van der Waals surface area contributed by atoms with E-state index in [0.717, 1.165) is 37.4 Å². The number of hydrogen-bond acceptors (Lipinski definition) is 3. The first-order chi connectivity index (χ1) is 10.2. The molecule has 0 aromatic heterocycles. The van der Waals surface area contributed by atoms with Crippen molar-refractivity contribution >= 4 is 29.7 Å². The second-order valence-corrected chi connectivity index (χ2v) is 5.81. The van der Waals surface area contributed by atoms with Crippen LogP contribution in [-0.2, 0) is 0 Å². The molecule has 2 aromatic rings. The molecule has 3 nitrogen and oxygen atoms in total. The Hall–Kier alpha value is -1.42. The molecule has 0 saturated carbocycles. The molecular formula is C17H20Cl2N2O. The Bertz CT molecular complexity index is 579. The van der Waals surface area contributed by atoms with E-state index >= 15 is 0 Å². The van der Waals surface area contributed by atoms with E-state index < -0.39 is 0 Å². The molecule has 0 spiro atoms. The Labute approximate surface area is 142 Å². The van der Waals surface area contributed by atoms with Gasteiger partial charge in [-0.3, -0.25) is 0 Å². The van der Waals surface area contributed by atoms with Gasteiger partial charge in [0.2, 0.25) is 0 Å². The van der Waals surface area contributed by atoms with Gasteiger partial charge < -0.3 is 15.4 Å². The van der Waals surface area contributed by atoms with Gasteiger partial charge in [-0.05, 0) is 61.4 Å². The van der Waals surface area contributed by atoms with E-state index in [0.29, 0.717) is 11.1 Å². The van der Waals surface area contributed by atoms with Gasteiger partial charge in [0.05, 0.1) is 0 Å². The quantitative estimate of drug-likeness (QED) is 0.896. The van der Waals surface area contributed by atoms with Crippen LogP contribution in [-0.4, -0.2) is 19.1 Å². The van der Waals surface area contributed by atoms with Crippen molar-refractivity contribution in [2.24, 2.45) is 5.73 Å². The first-order valence-electron chi connectivity index (χ1n) is 7.25. The Kier molecular flexibility index (Phi) is 5.95. The van der Waals surface area contributed by atoms with Gasteiger partial charge in [0, 0.05) is 29.8 Å². The summed E-state index contributed by atoms with van der Waals surface area (Å²) >= 11 is 5.86. The molecule has 5 heteroatoms. The van der Waals surface area contributed by atoms with Crippen LogP contribution in [0.4, 0.5) is 5.69 Å². The third kappa shape index (κ3) is 4.29. The van der Waals surface area contributed by atoms with Crippen LogP contribution in [0.15, 0.2) is 48.5 Å². The lowest BCUT2D eigenvalue weighted by atomic mass is 10.1. The third-order valence-electron chi connectivity index (χ3n) is 3.79. The maximum absolute atomic E-state index is 5.94. The monoisotopic (exact) mass is 338 g/mol. The second kappa shape index (κ2) is 7.73. The highest BCUT2D eigenvalue weighted by molar-refractivity contribution is 6.30. The molecule has 0 amide bonds. The fourth-order valence-electron chi connectivity index (χ4n) is 2.52. The third-order valence-corrected chi connectivity index (χ3v) is 4.04. The number of halogens is 2. The number of nitrogens with zero attached hydrogens (tertiary/aromatic N) is 1. The van der Waals surface area contributed by atoms with Crippen LogP contribution in [0.25, 0.3) is 0 Å². The minimum absolute atomic E-state index is 0. The van der Waals surface area contributed by atoms with E-state index in [1.54, 1.807) is 0 Å². The predicted molar refractivity (Wildman–Crippen MR) is 94.6 cm³/mol. The van der Waals surface area contributed by atoms with Gasteiger partial charge in [-0.25, -0.2) is 0 Å². The number of benzene rings is 2. The van der Waals surface area contributed by atoms with Crippen molar-refractivity contribution in [2.75, 3.05) is 18.0 Å². The molecule has 0 radical (unpaired) electrons. The van der Waals surface area contributed by atoms with Gasteiger partial charge in [-0.15, -0.1) is 12.4 Å². The topological polar surface area (TPSA) is 38.5 Å². The van der Waals surface area contributed by atoms with Crippen LogP contribution in [0, 0.1) is 0 Å². The minimum atomic E-state index is 0. The van der Waals surface area contributed by atoms with Crippen LogP contribution in [0.3, 0.4) is 0 Å². The van der Waals surface area contributed by atoms with Crippen molar-refractivity contribution in [3.63, 3.8) is 0 Å². The van der Waals surface area contributed by atoms with Gasteiger partial charge >= 0.3 is 0 Å². The molecule has 1 heterocycles. The van der Waals surface area contributed by atoms with Crippen molar-refractivity contribution in [1.29, 1.82) is 0 Å². The summed E-state index contributed by atoms with van der Waals surface area (Å²) in [5, 5.41) is 0.709. The highest BCUT2D eigenvalue weighted by Crippen LogP contribution is 2.26. The lowest BCUT2D eigenvalue weighted by molar-refractivity contribution is 0.481. The molecule has 0 atom stereocenters. The summed E-state index contributed by atoms with van der Waals surface area (Å²) in [4.78, 5) is 2.37. The highest BCUT2D eigenvalue weighted by Gasteiger charge is 2.16. The Morgan fingerprint density at radius 2 is 1.41 bits per heavy atom. The fraction of sp³-hybridized carbons (Fsp3) is 0.294. The molecule has 1 fully saturated rings. The summed E-state index contributed by atoms with van der Waals surface area (Å²) in [7, 11) is 0. The second-order valence-electron chi connectivity index (χ2n) is 5.37. The smallest absolute Gasteiger partial charge is 0.127 e. The van der Waals surface area contributed by atoms with Gasteiger partial charge in [0.25, 0.3) is 0 Å². The molecule has 2 aromatic carbocycles. The summed E-state index contributed by atoms with van der Waals surface area (Å²) in [6.45, 7) is 2.05. The summed E-state index contributed by atoms with van der Waals surface area (Å²) in [5.41, 5.74) is 7.17. The number of nitrogens with two attached hydrogens (primary N) is 1. The zero-order valence-electron chi connectivity index (χ0n) is 12.2. The van der Waals surface area contributed by atoms with Gasteiger partial charge in [-0.1, -0.05) is 11.6 Å². The zero-order chi connectivity index (χ0) is 14.7. The van der Waals surface area contributed by atoms with E-state index in [1.807, 2.05) is 36.4 Å². The van der Waals surface area contributed by atoms with Crippen molar-refractivity contribution < 1.29 is 4.74 Å². The lowest BCUT2D eigenvalue weighted by Gasteiger charge is -2.32. The van der Waals surface area contributed by atoms with Crippen LogP contribution in [0.2, 0.25) is 5.02 Å². The maximum atomic E-state index is 5.94. The molecule has 0 bridgehead atoms. The molecular weight excluding hydrogens is 319 g/mol. The van der Waals surface area contributed by atoms with E-state index in [4.69, 9.17) is 22.1 Å². The Morgan fingerprint density at radius 1 is 0.909 bits per heavy atom. The molecule has 3 rings (SSSR count). The van der Waals surface area contributed by atoms with Crippen molar-refractivity contribution in [2.45, 2.75) is 18.9 Å². The van der Waals surface area contributed by atoms with Gasteiger partial charge in [-0.2, -0.15) is 0 Å². The molecule has 1 aliphatic heterocycles. The zero-order valence-corrected chi connectivity index (χ0v) is 13.8. The predicted octanol–water partition coefficient (Wildman–Crippen LogP) is 4.48. The van der Waals surface area contributed by atoms with Crippen molar-refractivity contribution in [3.05, 3.63) is 53.6 Å². The van der Waals surface area contributed by atoms with E-state index in [-0.39, 0.29) is 12.4 Å². The summed E-state index contributed by atoms with van der Waals surface area (Å²) in [5.74, 6) is 1.62. The Morgan fingerprint density at radius 3 is 1.95 bits per heavy atom. The molecule has 2 N–H and O–H groups in total. The SMILES string of the molecule is Cl.NC1CCN(c2ccc(Oc3ccc(Cl)cc3)cc2)CC1. The number of rotatable bonds is 3. The maximum Gasteiger partial charge on any atom is 0.127 e. The first kappa shape index (κ1) is 16.9. The number of anilines is 1. The standard InChI is InChI=1S/C17H19ClN2O.ClH/c18-13-1-5-16(6-2-13)21-17-7-3-15(4-8-17)20-11-9-14(19)10-12-20;/h1-8,14H,9-12,19H2;1H. The van der Waals surface area contributed by atoms with Gasteiger partial charge in [0.15, 0.2) is 0 Å². The van der Waals surface area contributed by atoms with Crippen LogP contribution >= 0.6 is 24.0 Å². The molecule has 22 heavy (non-hydrogen) atoms. The van der Waals surface area contributed by atoms with Crippen LogP contribution in [0.5, 0.6) is 11.5 Å². The van der Waals surface area contributed by atoms with Crippen LogP contribution < -0.4 is 15.4 Å². The summed E-state index contributed by atoms with van der Waals surface area (Å²) in [6, 6.07) is 15.9. The number of piperidine rings is 1. The first-order valence-corrected chi connectivity index (χ1v) is 7.62. The summed E-state index contributed by atoms with van der Waals surface area (Å²) in [6.07, 6.45) is 2.12. The van der Waals surface area contributed by atoms with E-state index in [9.17, 15) is 0 Å². The Balaban J connectivity index is 0.00000176. The number of ether oxygens (including phenoxy) is 1. The molecule has 0 unspecified atom stereocenters. The largest absolute Gasteiger partial charge is 0.457 e. The fourth-order valence-corrected chi connectivity index (χ4v) is 2.65.